The first-order valence-corrected chi connectivity index (χ1v) is 7.51. The lowest BCUT2D eigenvalue weighted by Gasteiger charge is -2.05. The van der Waals surface area contributed by atoms with Crippen molar-refractivity contribution in [3.05, 3.63) is 34.8 Å². The van der Waals surface area contributed by atoms with Crippen molar-refractivity contribution in [1.29, 1.82) is 0 Å². The molecule has 0 radical (unpaired) electrons. The van der Waals surface area contributed by atoms with Gasteiger partial charge in [0.1, 0.15) is 12.4 Å². The van der Waals surface area contributed by atoms with Crippen LogP contribution in [-0.4, -0.2) is 23.3 Å². The summed E-state index contributed by atoms with van der Waals surface area (Å²) >= 11 is 0. The molecule has 0 saturated heterocycles. The van der Waals surface area contributed by atoms with Gasteiger partial charge >= 0.3 is 0 Å². The predicted molar refractivity (Wildman–Crippen MR) is 71.3 cm³/mol. The zero-order chi connectivity index (χ0) is 14.9. The smallest absolute Gasteiger partial charge is 0.274 e. The largest absolute Gasteiger partial charge is 0.446 e. The second-order valence-electron chi connectivity index (χ2n) is 4.48. The van der Waals surface area contributed by atoms with E-state index >= 15 is 0 Å². The van der Waals surface area contributed by atoms with Crippen LogP contribution in [0.1, 0.15) is 22.7 Å². The van der Waals surface area contributed by atoms with E-state index in [1.54, 1.807) is 11.7 Å². The third kappa shape index (κ3) is 2.77. The molecule has 0 aliphatic rings. The fraction of sp³-hybridized carbons (Fsp3) is 0.417. The Bertz CT molecular complexity index is 715. The molecule has 0 unspecified atom stereocenters. The van der Waals surface area contributed by atoms with Gasteiger partial charge in [-0.1, -0.05) is 0 Å². The van der Waals surface area contributed by atoms with Crippen molar-refractivity contribution in [3.63, 3.8) is 0 Å². The molecule has 2 N–H and O–H groups in total. The van der Waals surface area contributed by atoms with Gasteiger partial charge in [0.05, 0.1) is 5.69 Å². The van der Waals surface area contributed by atoms with E-state index in [0.29, 0.717) is 0 Å². The van der Waals surface area contributed by atoms with E-state index in [4.69, 9.17) is 9.52 Å². The summed E-state index contributed by atoms with van der Waals surface area (Å²) in [6, 6.07) is 2.74. The molecule has 20 heavy (non-hydrogen) atoms. The predicted octanol–water partition coefficient (Wildman–Crippen LogP) is 0.601. The number of nitrogens with zero attached hydrogens (tertiary/aromatic N) is 2. The minimum Gasteiger partial charge on any atom is -0.446 e. The lowest BCUT2D eigenvalue weighted by Crippen LogP contribution is -2.23. The van der Waals surface area contributed by atoms with Crippen molar-refractivity contribution in [2.45, 2.75) is 32.1 Å². The molecule has 0 aliphatic carbocycles. The molecule has 0 amide bonds. The van der Waals surface area contributed by atoms with E-state index in [9.17, 15) is 8.42 Å². The van der Waals surface area contributed by atoms with Crippen molar-refractivity contribution in [2.75, 3.05) is 0 Å². The number of hydrogen-bond donors (Lipinski definition) is 2. The molecule has 0 atom stereocenters. The number of sulfonamides is 1. The minimum absolute atomic E-state index is 0.142. The highest BCUT2D eigenvalue weighted by molar-refractivity contribution is 7.89. The van der Waals surface area contributed by atoms with Crippen LogP contribution in [0.5, 0.6) is 0 Å². The summed E-state index contributed by atoms with van der Waals surface area (Å²) in [5, 5.41) is 12.9. The second-order valence-corrected chi connectivity index (χ2v) is 6.17. The standard InChI is InChI=1S/C12H17N3O4S/c1-8-11(9(2)15(3)14-8)6-13-20(17,18)12-5-4-10(7-16)19-12/h4-5,13,16H,6-7H2,1-3H3. The quantitative estimate of drug-likeness (QED) is 0.842. The summed E-state index contributed by atoms with van der Waals surface area (Å²) in [5.74, 6) is 0.208. The molecular weight excluding hydrogens is 282 g/mol. The third-order valence-electron chi connectivity index (χ3n) is 3.16. The molecule has 2 heterocycles. The van der Waals surface area contributed by atoms with Crippen molar-refractivity contribution < 1.29 is 17.9 Å². The maximum Gasteiger partial charge on any atom is 0.274 e. The summed E-state index contributed by atoms with van der Waals surface area (Å²) in [6.07, 6.45) is 0. The summed E-state index contributed by atoms with van der Waals surface area (Å²) < 4.78 is 33.3. The van der Waals surface area contributed by atoms with Gasteiger partial charge in [-0.2, -0.15) is 5.10 Å². The van der Waals surface area contributed by atoms with E-state index in [0.717, 1.165) is 17.0 Å². The summed E-state index contributed by atoms with van der Waals surface area (Å²) in [4.78, 5) is 0. The highest BCUT2D eigenvalue weighted by atomic mass is 32.2. The highest BCUT2D eigenvalue weighted by Gasteiger charge is 2.20. The number of rotatable bonds is 5. The lowest BCUT2D eigenvalue weighted by molar-refractivity contribution is 0.236. The maximum absolute atomic E-state index is 12.1. The van der Waals surface area contributed by atoms with Gasteiger partial charge in [0.2, 0.25) is 5.09 Å². The fourth-order valence-electron chi connectivity index (χ4n) is 1.90. The molecule has 0 spiro atoms. The Hall–Kier alpha value is -1.64. The molecule has 0 bridgehead atoms. The molecule has 0 fully saturated rings. The van der Waals surface area contributed by atoms with Gasteiger partial charge in [-0.05, 0) is 26.0 Å². The van der Waals surface area contributed by atoms with Crippen molar-refractivity contribution in [1.82, 2.24) is 14.5 Å². The van der Waals surface area contributed by atoms with Crippen LogP contribution in [0.3, 0.4) is 0 Å². The molecule has 0 saturated carbocycles. The zero-order valence-electron chi connectivity index (χ0n) is 11.5. The molecule has 7 nitrogen and oxygen atoms in total. The van der Waals surface area contributed by atoms with Gasteiger partial charge in [-0.25, -0.2) is 13.1 Å². The lowest BCUT2D eigenvalue weighted by atomic mass is 10.2. The van der Waals surface area contributed by atoms with Gasteiger partial charge in [0.15, 0.2) is 0 Å². The molecule has 0 aromatic carbocycles. The van der Waals surface area contributed by atoms with Gasteiger partial charge in [-0.15, -0.1) is 0 Å². The number of aliphatic hydroxyl groups is 1. The van der Waals surface area contributed by atoms with Crippen LogP contribution in [0.2, 0.25) is 0 Å². The summed E-state index contributed by atoms with van der Waals surface area (Å²) in [6.45, 7) is 3.51. The van der Waals surface area contributed by atoms with Crippen LogP contribution < -0.4 is 4.72 Å². The van der Waals surface area contributed by atoms with E-state index in [1.165, 1.54) is 12.1 Å². The molecule has 2 aromatic heterocycles. The Morgan fingerprint density at radius 2 is 2.10 bits per heavy atom. The van der Waals surface area contributed by atoms with Crippen LogP contribution in [0.15, 0.2) is 21.6 Å². The fourth-order valence-corrected chi connectivity index (χ4v) is 2.84. The Labute approximate surface area is 117 Å². The van der Waals surface area contributed by atoms with E-state index in [2.05, 4.69) is 9.82 Å². The van der Waals surface area contributed by atoms with Crippen molar-refractivity contribution in [3.8, 4) is 0 Å². The van der Waals surface area contributed by atoms with E-state index < -0.39 is 10.0 Å². The molecule has 8 heteroatoms. The first-order valence-electron chi connectivity index (χ1n) is 6.03. The van der Waals surface area contributed by atoms with Crippen LogP contribution >= 0.6 is 0 Å². The molecular formula is C12H17N3O4S. The number of furan rings is 1. The van der Waals surface area contributed by atoms with Crippen molar-refractivity contribution >= 4 is 10.0 Å². The monoisotopic (exact) mass is 299 g/mol. The number of aliphatic hydroxyl groups excluding tert-OH is 1. The third-order valence-corrected chi connectivity index (χ3v) is 4.43. The molecule has 110 valence electrons. The summed E-state index contributed by atoms with van der Waals surface area (Å²) in [5.41, 5.74) is 2.52. The van der Waals surface area contributed by atoms with Crippen LogP contribution in [0.4, 0.5) is 0 Å². The van der Waals surface area contributed by atoms with Gasteiger partial charge in [-0.3, -0.25) is 4.68 Å². The van der Waals surface area contributed by atoms with Crippen LogP contribution in [0.25, 0.3) is 0 Å². The molecule has 0 aliphatic heterocycles. The Kier molecular flexibility index (Phi) is 3.98. The van der Waals surface area contributed by atoms with Crippen molar-refractivity contribution in [2.24, 2.45) is 7.05 Å². The highest BCUT2D eigenvalue weighted by Crippen LogP contribution is 2.16. The van der Waals surface area contributed by atoms with Crippen LogP contribution in [0, 0.1) is 13.8 Å². The Balaban J connectivity index is 2.17. The number of aromatic nitrogens is 2. The zero-order valence-corrected chi connectivity index (χ0v) is 12.4. The second kappa shape index (κ2) is 5.39. The van der Waals surface area contributed by atoms with Gasteiger partial charge in [0.25, 0.3) is 10.0 Å². The topological polar surface area (TPSA) is 97.4 Å². The van der Waals surface area contributed by atoms with Gasteiger partial charge < -0.3 is 9.52 Å². The Morgan fingerprint density at radius 1 is 1.40 bits per heavy atom. The maximum atomic E-state index is 12.1. The first-order chi connectivity index (χ1) is 9.35. The molecule has 2 aromatic rings. The Morgan fingerprint density at radius 3 is 2.60 bits per heavy atom. The minimum atomic E-state index is -3.74. The normalized spacial score (nSPS) is 12.0. The van der Waals surface area contributed by atoms with E-state index in [-0.39, 0.29) is 24.0 Å². The molecule has 2 rings (SSSR count). The number of hydrogen-bond acceptors (Lipinski definition) is 5. The van der Waals surface area contributed by atoms with E-state index in [1.807, 2.05) is 13.8 Å². The number of nitrogens with one attached hydrogen (secondary N) is 1. The average Bonchev–Trinajstić information content (AvgIpc) is 2.95. The van der Waals surface area contributed by atoms with Gasteiger partial charge in [0, 0.05) is 24.8 Å². The van der Waals surface area contributed by atoms with Crippen LogP contribution in [-0.2, 0) is 30.2 Å². The first kappa shape index (κ1) is 14.8. The average molecular weight is 299 g/mol. The SMILES string of the molecule is Cc1nn(C)c(C)c1CNS(=O)(=O)c1ccc(CO)o1. The number of aryl methyl sites for hydroxylation is 2. The summed E-state index contributed by atoms with van der Waals surface area (Å²) in [7, 11) is -1.93.